The number of nitrogens with two attached hydrogens (primary N) is 1. The lowest BCUT2D eigenvalue weighted by molar-refractivity contribution is 0.0600. The van der Waals surface area contributed by atoms with Crippen LogP contribution in [0, 0.1) is 11.3 Å². The normalized spacial score (nSPS) is 11.5. The van der Waals surface area contributed by atoms with Crippen molar-refractivity contribution in [2.75, 3.05) is 23.5 Å². The van der Waals surface area contributed by atoms with Gasteiger partial charge in [-0.1, -0.05) is 31.2 Å². The molecule has 12 heteroatoms. The van der Waals surface area contributed by atoms with Crippen LogP contribution in [-0.4, -0.2) is 37.6 Å². The number of hydrogen-bond donors (Lipinski definition) is 3. The van der Waals surface area contributed by atoms with Crippen LogP contribution in [0.1, 0.15) is 46.8 Å². The zero-order valence-electron chi connectivity index (χ0n) is 22.9. The second-order valence-corrected chi connectivity index (χ2v) is 9.23. The Morgan fingerprint density at radius 3 is 2.60 bits per heavy atom. The Labute approximate surface area is 240 Å². The number of nitriles is 1. The van der Waals surface area contributed by atoms with Gasteiger partial charge in [-0.2, -0.15) is 5.26 Å². The number of pyridine rings is 1. The quantitative estimate of drug-likeness (QED) is 0.222. The van der Waals surface area contributed by atoms with Gasteiger partial charge in [-0.25, -0.2) is 19.7 Å². The van der Waals surface area contributed by atoms with Gasteiger partial charge >= 0.3 is 5.97 Å². The van der Waals surface area contributed by atoms with Crippen molar-refractivity contribution in [2.24, 2.45) is 0 Å². The number of nitrogens with one attached hydrogen (secondary N) is 2. The van der Waals surface area contributed by atoms with Crippen LogP contribution in [0.2, 0.25) is 0 Å². The SMILES string of the molecule is CC[C@H](Nc1ncnc(N)c1C#N)c1nc2cccc(NCc3ccc(C(=O)OC)cn3)c2c(=O)n1-c1ccccc1. The Balaban J connectivity index is 1.59. The van der Waals surface area contributed by atoms with Crippen LogP contribution in [0.25, 0.3) is 16.6 Å². The fraction of sp³-hybridized carbons (Fsp3) is 0.167. The highest BCUT2D eigenvalue weighted by Crippen LogP contribution is 2.28. The maximum absolute atomic E-state index is 14.3. The number of rotatable bonds is 9. The number of carbonyl (C=O) groups excluding carboxylic acids is 1. The first-order chi connectivity index (χ1) is 20.4. The Kier molecular flexibility index (Phi) is 8.01. The van der Waals surface area contributed by atoms with E-state index in [1.165, 1.54) is 19.6 Å². The third kappa shape index (κ3) is 5.44. The monoisotopic (exact) mass is 561 g/mol. The number of benzene rings is 2. The van der Waals surface area contributed by atoms with Gasteiger partial charge in [-0.15, -0.1) is 0 Å². The minimum atomic E-state index is -0.502. The summed E-state index contributed by atoms with van der Waals surface area (Å²) in [4.78, 5) is 43.4. The molecule has 0 spiro atoms. The molecule has 4 N–H and O–H groups in total. The number of nitrogen functional groups attached to an aromatic ring is 1. The molecule has 3 heterocycles. The Hall–Kier alpha value is -5.83. The van der Waals surface area contributed by atoms with E-state index in [1.54, 1.807) is 22.8 Å². The van der Waals surface area contributed by atoms with Crippen molar-refractivity contribution in [3.05, 3.63) is 106 Å². The zero-order chi connectivity index (χ0) is 29.6. The molecule has 12 nitrogen and oxygen atoms in total. The second kappa shape index (κ2) is 12.1. The molecule has 5 rings (SSSR count). The summed E-state index contributed by atoms with van der Waals surface area (Å²) in [5, 5.41) is 16.6. The molecule has 0 aliphatic carbocycles. The van der Waals surface area contributed by atoms with Gasteiger partial charge in [-0.3, -0.25) is 14.3 Å². The molecule has 3 aromatic heterocycles. The molecule has 2 aromatic carbocycles. The van der Waals surface area contributed by atoms with Crippen LogP contribution < -0.4 is 21.9 Å². The molecule has 0 aliphatic heterocycles. The van der Waals surface area contributed by atoms with Crippen LogP contribution in [0.4, 0.5) is 17.3 Å². The number of aromatic nitrogens is 5. The number of anilines is 3. The highest BCUT2D eigenvalue weighted by Gasteiger charge is 2.23. The van der Waals surface area contributed by atoms with Gasteiger partial charge in [-0.05, 0) is 42.8 Å². The smallest absolute Gasteiger partial charge is 0.339 e. The van der Waals surface area contributed by atoms with Gasteiger partial charge in [0.1, 0.15) is 35.4 Å². The Morgan fingerprint density at radius 2 is 1.90 bits per heavy atom. The average Bonchev–Trinajstić information content (AvgIpc) is 3.02. The maximum Gasteiger partial charge on any atom is 0.339 e. The van der Waals surface area contributed by atoms with Crippen molar-refractivity contribution in [3.63, 3.8) is 0 Å². The van der Waals surface area contributed by atoms with Crippen molar-refractivity contribution in [3.8, 4) is 11.8 Å². The molecule has 0 aliphatic rings. The topological polar surface area (TPSA) is 174 Å². The molecule has 5 aromatic rings. The molecule has 42 heavy (non-hydrogen) atoms. The summed E-state index contributed by atoms with van der Waals surface area (Å²) < 4.78 is 6.29. The van der Waals surface area contributed by atoms with Crippen LogP contribution >= 0.6 is 0 Å². The molecule has 0 saturated carbocycles. The lowest BCUT2D eigenvalue weighted by Crippen LogP contribution is -2.29. The van der Waals surface area contributed by atoms with Crippen molar-refractivity contribution >= 4 is 34.2 Å². The second-order valence-electron chi connectivity index (χ2n) is 9.23. The first-order valence-corrected chi connectivity index (χ1v) is 13.1. The van der Waals surface area contributed by atoms with E-state index < -0.39 is 12.0 Å². The number of nitrogens with zero attached hydrogens (tertiary/aromatic N) is 6. The fourth-order valence-corrected chi connectivity index (χ4v) is 4.54. The Morgan fingerprint density at radius 1 is 1.10 bits per heavy atom. The molecule has 0 amide bonds. The first kappa shape index (κ1) is 27.7. The number of hydrogen-bond acceptors (Lipinski definition) is 11. The number of methoxy groups -OCH3 is 1. The minimum absolute atomic E-state index is 0.0573. The van der Waals surface area contributed by atoms with Crippen molar-refractivity contribution in [1.82, 2.24) is 24.5 Å². The van der Waals surface area contributed by atoms with Gasteiger partial charge in [0.15, 0.2) is 0 Å². The largest absolute Gasteiger partial charge is 0.465 e. The lowest BCUT2D eigenvalue weighted by Gasteiger charge is -2.23. The van der Waals surface area contributed by atoms with E-state index in [1.807, 2.05) is 55.5 Å². The number of carbonyl (C=O) groups is 1. The van der Waals surface area contributed by atoms with E-state index in [0.29, 0.717) is 52.3 Å². The highest BCUT2D eigenvalue weighted by atomic mass is 16.5. The van der Waals surface area contributed by atoms with Crippen molar-refractivity contribution in [1.29, 1.82) is 5.26 Å². The van der Waals surface area contributed by atoms with Gasteiger partial charge in [0.2, 0.25) is 0 Å². The maximum atomic E-state index is 14.3. The summed E-state index contributed by atoms with van der Waals surface area (Å²) in [6, 6.07) is 19.5. The highest BCUT2D eigenvalue weighted by molar-refractivity contribution is 5.91. The molecule has 0 unspecified atom stereocenters. The van der Waals surface area contributed by atoms with E-state index in [2.05, 4.69) is 25.6 Å². The fourth-order valence-electron chi connectivity index (χ4n) is 4.54. The van der Waals surface area contributed by atoms with Crippen molar-refractivity contribution < 1.29 is 9.53 Å². The Bertz CT molecular complexity index is 1850. The van der Waals surface area contributed by atoms with Gasteiger partial charge in [0.25, 0.3) is 5.56 Å². The lowest BCUT2D eigenvalue weighted by atomic mass is 10.1. The van der Waals surface area contributed by atoms with Crippen LogP contribution in [-0.2, 0) is 11.3 Å². The molecular formula is C30H27N9O3. The van der Waals surface area contributed by atoms with E-state index >= 15 is 0 Å². The summed E-state index contributed by atoms with van der Waals surface area (Å²) in [5.74, 6) is 0.291. The van der Waals surface area contributed by atoms with Crippen molar-refractivity contribution in [2.45, 2.75) is 25.9 Å². The number of esters is 1. The van der Waals surface area contributed by atoms with Gasteiger partial charge < -0.3 is 21.1 Å². The van der Waals surface area contributed by atoms with Crippen LogP contribution in [0.15, 0.2) is 78.0 Å². The molecule has 0 fully saturated rings. The molecular weight excluding hydrogens is 534 g/mol. The standard InChI is InChI=1S/C30H27N9O3/c1-3-22(37-27-21(14-31)26(32)35-17-36-27)28-38-24-11-7-10-23(25(24)29(40)39(28)20-8-5-4-6-9-20)34-16-19-13-12-18(15-33-19)30(41)42-2/h4-13,15,17,22,34H,3,16H2,1-2H3,(H3,32,35,36,37)/t22-/m0/s1. The predicted molar refractivity (Wildman–Crippen MR) is 158 cm³/mol. The molecule has 210 valence electrons. The van der Waals surface area contributed by atoms with E-state index in [0.717, 1.165) is 0 Å². The molecule has 0 saturated heterocycles. The van der Waals surface area contributed by atoms with Gasteiger partial charge in [0.05, 0.1) is 47.5 Å². The number of para-hydroxylation sites is 1. The van der Waals surface area contributed by atoms with E-state index in [4.69, 9.17) is 15.5 Å². The summed E-state index contributed by atoms with van der Waals surface area (Å²) in [6.07, 6.45) is 3.24. The average molecular weight is 562 g/mol. The number of ether oxygens (including phenoxy) is 1. The van der Waals surface area contributed by atoms with E-state index in [-0.39, 0.29) is 22.8 Å². The van der Waals surface area contributed by atoms with Crippen LogP contribution in [0.3, 0.4) is 0 Å². The summed E-state index contributed by atoms with van der Waals surface area (Å²) >= 11 is 0. The van der Waals surface area contributed by atoms with E-state index in [9.17, 15) is 14.9 Å². The third-order valence-electron chi connectivity index (χ3n) is 6.66. The summed E-state index contributed by atoms with van der Waals surface area (Å²) in [6.45, 7) is 2.24. The third-order valence-corrected chi connectivity index (χ3v) is 6.66. The van der Waals surface area contributed by atoms with Gasteiger partial charge in [0, 0.05) is 11.9 Å². The molecule has 0 radical (unpaired) electrons. The minimum Gasteiger partial charge on any atom is -0.465 e. The zero-order valence-corrected chi connectivity index (χ0v) is 22.9. The summed E-state index contributed by atoms with van der Waals surface area (Å²) in [7, 11) is 1.31. The first-order valence-electron chi connectivity index (χ1n) is 13.1. The number of fused-ring (bicyclic) bond motifs is 1. The molecule has 1 atom stereocenters. The predicted octanol–water partition coefficient (Wildman–Crippen LogP) is 3.99. The van der Waals surface area contributed by atoms with Crippen LogP contribution in [0.5, 0.6) is 0 Å². The summed E-state index contributed by atoms with van der Waals surface area (Å²) in [5.41, 5.74) is 8.46. The molecule has 0 bridgehead atoms.